The van der Waals surface area contributed by atoms with Crippen LogP contribution in [0.15, 0.2) is 12.2 Å². The van der Waals surface area contributed by atoms with E-state index >= 15 is 0 Å². The first-order chi connectivity index (χ1) is 29.0. The summed E-state index contributed by atoms with van der Waals surface area (Å²) in [6, 6.07) is -0.658. The van der Waals surface area contributed by atoms with E-state index < -0.39 is 18.2 Å². The van der Waals surface area contributed by atoms with Crippen LogP contribution >= 0.6 is 0 Å². The molecule has 5 nitrogen and oxygen atoms in total. The highest BCUT2D eigenvalue weighted by atomic mass is 16.3. The average molecular weight is 834 g/mol. The lowest BCUT2D eigenvalue weighted by molar-refractivity contribution is -0.125. The molecule has 0 saturated heterocycles. The summed E-state index contributed by atoms with van der Waals surface area (Å²) in [4.78, 5) is 12.5. The lowest BCUT2D eigenvalue weighted by Gasteiger charge is -2.23. The fourth-order valence-electron chi connectivity index (χ4n) is 8.70. The van der Waals surface area contributed by atoms with Crippen LogP contribution in [0.3, 0.4) is 0 Å². The van der Waals surface area contributed by atoms with Crippen molar-refractivity contribution in [2.24, 2.45) is 0 Å². The van der Waals surface area contributed by atoms with Gasteiger partial charge in [-0.3, -0.25) is 4.79 Å². The Morgan fingerprint density at radius 3 is 0.983 bits per heavy atom. The summed E-state index contributed by atoms with van der Waals surface area (Å²) in [7, 11) is 0. The molecule has 0 fully saturated rings. The standard InChI is InChI=1S/C54H107NO4/c1-3-5-7-9-11-13-15-17-19-21-23-25-27-29-31-33-35-37-39-41-43-45-47-51(57)49-54(59)55-52(50-56)53(58)48-46-44-42-40-38-36-34-32-30-28-26-24-22-20-18-16-14-12-10-8-6-4-2/h29,31,51-53,56-58H,3-28,30,32-50H2,1-2H3,(H,55,59)/b31-29-. The third-order valence-electron chi connectivity index (χ3n) is 12.8. The van der Waals surface area contributed by atoms with Crippen LogP contribution in [-0.2, 0) is 4.79 Å². The molecule has 0 saturated carbocycles. The zero-order chi connectivity index (χ0) is 43.0. The van der Waals surface area contributed by atoms with E-state index in [2.05, 4.69) is 31.3 Å². The maximum atomic E-state index is 12.5. The molecule has 5 heteroatoms. The van der Waals surface area contributed by atoms with Crippen LogP contribution in [0.5, 0.6) is 0 Å². The minimum atomic E-state index is -0.749. The van der Waals surface area contributed by atoms with Crippen molar-refractivity contribution in [1.82, 2.24) is 5.32 Å². The van der Waals surface area contributed by atoms with Gasteiger partial charge in [0, 0.05) is 0 Å². The number of aliphatic hydroxyl groups is 3. The largest absolute Gasteiger partial charge is 0.394 e. The normalized spacial score (nSPS) is 13.4. The van der Waals surface area contributed by atoms with Crippen LogP contribution < -0.4 is 5.32 Å². The quantitative estimate of drug-likeness (QED) is 0.0363. The zero-order valence-electron chi connectivity index (χ0n) is 40.2. The Kier molecular flexibility index (Phi) is 49.0. The number of unbranched alkanes of at least 4 members (excludes halogenated alkanes) is 39. The number of hydrogen-bond donors (Lipinski definition) is 4. The van der Waals surface area contributed by atoms with Crippen molar-refractivity contribution in [3.05, 3.63) is 12.2 Å². The topological polar surface area (TPSA) is 89.8 Å². The Hall–Kier alpha value is -0.910. The smallest absolute Gasteiger partial charge is 0.222 e. The number of amides is 1. The third kappa shape index (κ3) is 46.4. The van der Waals surface area contributed by atoms with Gasteiger partial charge in [-0.25, -0.2) is 0 Å². The van der Waals surface area contributed by atoms with E-state index in [4.69, 9.17) is 0 Å². The van der Waals surface area contributed by atoms with Crippen molar-refractivity contribution in [3.63, 3.8) is 0 Å². The fraction of sp³-hybridized carbons (Fsp3) is 0.944. The Morgan fingerprint density at radius 2 is 0.678 bits per heavy atom. The Morgan fingerprint density at radius 1 is 0.407 bits per heavy atom. The van der Waals surface area contributed by atoms with Crippen molar-refractivity contribution in [3.8, 4) is 0 Å². The van der Waals surface area contributed by atoms with Crippen molar-refractivity contribution < 1.29 is 20.1 Å². The highest BCUT2D eigenvalue weighted by molar-refractivity contribution is 5.76. The van der Waals surface area contributed by atoms with Crippen molar-refractivity contribution in [2.75, 3.05) is 6.61 Å². The first-order valence-corrected chi connectivity index (χ1v) is 27.0. The zero-order valence-corrected chi connectivity index (χ0v) is 40.2. The Bertz CT molecular complexity index is 833. The summed E-state index contributed by atoms with van der Waals surface area (Å²) in [5, 5.41) is 33.6. The van der Waals surface area contributed by atoms with Gasteiger partial charge in [-0.1, -0.05) is 270 Å². The lowest BCUT2D eigenvalue weighted by Crippen LogP contribution is -2.46. The lowest BCUT2D eigenvalue weighted by atomic mass is 10.0. The molecule has 1 amide bonds. The third-order valence-corrected chi connectivity index (χ3v) is 12.8. The minimum Gasteiger partial charge on any atom is -0.394 e. The van der Waals surface area contributed by atoms with Crippen LogP contribution in [0.2, 0.25) is 0 Å². The molecule has 0 heterocycles. The van der Waals surface area contributed by atoms with Gasteiger partial charge in [0.05, 0.1) is 31.3 Å². The minimum absolute atomic E-state index is 0.0359. The van der Waals surface area contributed by atoms with E-state index in [9.17, 15) is 20.1 Å². The number of aliphatic hydroxyl groups excluding tert-OH is 3. The van der Waals surface area contributed by atoms with Crippen LogP contribution in [0.1, 0.15) is 303 Å². The number of hydrogen-bond acceptors (Lipinski definition) is 4. The molecule has 0 bridgehead atoms. The van der Waals surface area contributed by atoms with E-state index in [-0.39, 0.29) is 18.9 Å². The van der Waals surface area contributed by atoms with Crippen molar-refractivity contribution in [2.45, 2.75) is 321 Å². The van der Waals surface area contributed by atoms with Crippen LogP contribution in [0, 0.1) is 0 Å². The number of allylic oxidation sites excluding steroid dienone is 2. The van der Waals surface area contributed by atoms with E-state index in [0.29, 0.717) is 12.8 Å². The maximum Gasteiger partial charge on any atom is 0.222 e. The van der Waals surface area contributed by atoms with Gasteiger partial charge < -0.3 is 20.6 Å². The Labute approximate surface area is 369 Å². The highest BCUT2D eigenvalue weighted by Crippen LogP contribution is 2.18. The second kappa shape index (κ2) is 49.7. The van der Waals surface area contributed by atoms with Gasteiger partial charge in [-0.2, -0.15) is 0 Å². The molecule has 3 atom stereocenters. The summed E-state index contributed by atoms with van der Waals surface area (Å²) in [5.41, 5.74) is 0. The molecule has 59 heavy (non-hydrogen) atoms. The van der Waals surface area contributed by atoms with Gasteiger partial charge >= 0.3 is 0 Å². The van der Waals surface area contributed by atoms with E-state index in [1.165, 1.54) is 244 Å². The summed E-state index contributed by atoms with van der Waals surface area (Å²) >= 11 is 0. The monoisotopic (exact) mass is 834 g/mol. The van der Waals surface area contributed by atoms with Gasteiger partial charge in [0.2, 0.25) is 5.91 Å². The second-order valence-electron chi connectivity index (χ2n) is 18.8. The number of carbonyl (C=O) groups excluding carboxylic acids is 1. The molecule has 352 valence electrons. The molecule has 0 aromatic rings. The van der Waals surface area contributed by atoms with Crippen LogP contribution in [0.4, 0.5) is 0 Å². The fourth-order valence-corrected chi connectivity index (χ4v) is 8.70. The molecule has 0 aliphatic heterocycles. The molecule has 0 aliphatic carbocycles. The van der Waals surface area contributed by atoms with Gasteiger partial charge in [-0.15, -0.1) is 0 Å². The second-order valence-corrected chi connectivity index (χ2v) is 18.8. The highest BCUT2D eigenvalue weighted by Gasteiger charge is 2.21. The van der Waals surface area contributed by atoms with Gasteiger partial charge in [0.15, 0.2) is 0 Å². The van der Waals surface area contributed by atoms with Crippen LogP contribution in [-0.4, -0.2) is 46.1 Å². The molecule has 0 spiro atoms. The van der Waals surface area contributed by atoms with Gasteiger partial charge in [0.1, 0.15) is 0 Å². The predicted octanol–water partition coefficient (Wildman–Crippen LogP) is 16.3. The SMILES string of the molecule is CCCCCCCCCCCCCC/C=C\CCCCCCCCC(O)CC(=O)NC(CO)C(O)CCCCCCCCCCCCCCCCCCCCCCCC. The molecule has 0 aromatic heterocycles. The summed E-state index contributed by atoms with van der Waals surface area (Å²) in [6.45, 7) is 4.30. The first-order valence-electron chi connectivity index (χ1n) is 27.0. The summed E-state index contributed by atoms with van der Waals surface area (Å²) in [6.07, 6.45) is 60.7. The molecular formula is C54H107NO4. The number of carbonyl (C=O) groups is 1. The van der Waals surface area contributed by atoms with E-state index in [1.807, 2.05) is 0 Å². The summed E-state index contributed by atoms with van der Waals surface area (Å²) < 4.78 is 0. The molecule has 0 aliphatic rings. The molecule has 0 rings (SSSR count). The van der Waals surface area contributed by atoms with Crippen molar-refractivity contribution >= 4 is 5.91 Å². The number of rotatable bonds is 50. The molecule has 4 N–H and O–H groups in total. The van der Waals surface area contributed by atoms with Crippen LogP contribution in [0.25, 0.3) is 0 Å². The molecular weight excluding hydrogens is 727 g/mol. The van der Waals surface area contributed by atoms with Gasteiger partial charge in [0.25, 0.3) is 0 Å². The Balaban J connectivity index is 3.54. The molecule has 0 radical (unpaired) electrons. The summed E-state index contributed by atoms with van der Waals surface area (Å²) in [5.74, 6) is -0.281. The average Bonchev–Trinajstić information content (AvgIpc) is 3.23. The first kappa shape index (κ1) is 58.1. The van der Waals surface area contributed by atoms with E-state index in [1.54, 1.807) is 0 Å². The predicted molar refractivity (Wildman–Crippen MR) is 259 cm³/mol. The number of nitrogens with one attached hydrogen (secondary N) is 1. The van der Waals surface area contributed by atoms with Gasteiger partial charge in [-0.05, 0) is 38.5 Å². The molecule has 0 aromatic carbocycles. The maximum absolute atomic E-state index is 12.5. The molecule has 3 unspecified atom stereocenters. The van der Waals surface area contributed by atoms with Crippen molar-refractivity contribution in [1.29, 1.82) is 0 Å². The van der Waals surface area contributed by atoms with E-state index in [0.717, 1.165) is 25.7 Å².